The van der Waals surface area contributed by atoms with Gasteiger partial charge >= 0.3 is 0 Å². The highest BCUT2D eigenvalue weighted by Crippen LogP contribution is 2.28. The quantitative estimate of drug-likeness (QED) is 0.554. The lowest BCUT2D eigenvalue weighted by molar-refractivity contribution is 0.339. The molecule has 0 amide bonds. The number of rotatable bonds is 4. The molecule has 0 aliphatic heterocycles. The molecule has 0 N–H and O–H groups in total. The van der Waals surface area contributed by atoms with E-state index in [0.717, 1.165) is 11.1 Å². The Morgan fingerprint density at radius 1 is 1.19 bits per heavy atom. The summed E-state index contributed by atoms with van der Waals surface area (Å²) in [6.45, 7) is 2.45. The van der Waals surface area contributed by atoms with Gasteiger partial charge < -0.3 is 4.74 Å². The molecule has 0 aliphatic carbocycles. The molecule has 106 valence electrons. The van der Waals surface area contributed by atoms with Gasteiger partial charge in [0.05, 0.1) is 18.2 Å². The highest BCUT2D eigenvalue weighted by molar-refractivity contribution is 6.31. The Balaban J connectivity index is 2.50. The third-order valence-electron chi connectivity index (χ3n) is 2.83. The van der Waals surface area contributed by atoms with Crippen molar-refractivity contribution in [2.45, 2.75) is 6.92 Å². The van der Waals surface area contributed by atoms with Crippen LogP contribution in [-0.4, -0.2) is 6.61 Å². The van der Waals surface area contributed by atoms with E-state index in [-0.39, 0.29) is 0 Å². The zero-order chi connectivity index (χ0) is 15.2. The highest BCUT2D eigenvalue weighted by atomic mass is 35.5. The maximum atomic E-state index is 9.39. The second-order valence-electron chi connectivity index (χ2n) is 4.30. The van der Waals surface area contributed by atoms with Crippen LogP contribution in [0.5, 0.6) is 5.75 Å². The summed E-state index contributed by atoms with van der Waals surface area (Å²) in [5.41, 5.74) is 2.02. The molecule has 2 aromatic rings. The molecule has 2 rings (SSSR count). The second kappa shape index (κ2) is 7.17. The van der Waals surface area contributed by atoms with Crippen LogP contribution in [-0.2, 0) is 0 Å². The SMILES string of the molecule is CCOc1ccc(Cl)cc1/C=C(\C#N)c1cccc(Cl)c1. The number of allylic oxidation sites excluding steroid dienone is 1. The van der Waals surface area contributed by atoms with Crippen molar-refractivity contribution in [2.24, 2.45) is 0 Å². The normalized spacial score (nSPS) is 11.0. The minimum atomic E-state index is 0.501. The van der Waals surface area contributed by atoms with Gasteiger partial charge in [0.15, 0.2) is 0 Å². The van der Waals surface area contributed by atoms with E-state index >= 15 is 0 Å². The maximum absolute atomic E-state index is 9.39. The number of nitrogens with zero attached hydrogens (tertiary/aromatic N) is 1. The van der Waals surface area contributed by atoms with E-state index in [4.69, 9.17) is 27.9 Å². The van der Waals surface area contributed by atoms with Crippen LogP contribution in [0.1, 0.15) is 18.1 Å². The summed E-state index contributed by atoms with van der Waals surface area (Å²) >= 11 is 12.0. The van der Waals surface area contributed by atoms with Gasteiger partial charge in [-0.3, -0.25) is 0 Å². The molecule has 0 atom stereocenters. The molecule has 0 aliphatic rings. The summed E-state index contributed by atoms with van der Waals surface area (Å²) in [7, 11) is 0. The molecular weight excluding hydrogens is 305 g/mol. The van der Waals surface area contributed by atoms with Crippen LogP contribution in [0.15, 0.2) is 42.5 Å². The molecule has 21 heavy (non-hydrogen) atoms. The lowest BCUT2D eigenvalue weighted by Crippen LogP contribution is -1.94. The zero-order valence-corrected chi connectivity index (χ0v) is 12.9. The fourth-order valence-electron chi connectivity index (χ4n) is 1.91. The predicted molar refractivity (Wildman–Crippen MR) is 87.6 cm³/mol. The Bertz CT molecular complexity index is 717. The van der Waals surface area contributed by atoms with Gasteiger partial charge in [-0.2, -0.15) is 5.26 Å². The van der Waals surface area contributed by atoms with Crippen molar-refractivity contribution in [1.29, 1.82) is 5.26 Å². The first kappa shape index (κ1) is 15.4. The molecule has 0 saturated heterocycles. The van der Waals surface area contributed by atoms with E-state index in [0.29, 0.717) is 28.0 Å². The van der Waals surface area contributed by atoms with Crippen molar-refractivity contribution in [3.05, 3.63) is 63.6 Å². The Morgan fingerprint density at radius 2 is 1.95 bits per heavy atom. The molecule has 0 radical (unpaired) electrons. The Labute approximate surface area is 134 Å². The number of hydrogen-bond donors (Lipinski definition) is 0. The number of hydrogen-bond acceptors (Lipinski definition) is 2. The third-order valence-corrected chi connectivity index (χ3v) is 3.30. The Morgan fingerprint density at radius 3 is 2.62 bits per heavy atom. The van der Waals surface area contributed by atoms with E-state index in [1.165, 1.54) is 0 Å². The Hall–Kier alpha value is -1.95. The van der Waals surface area contributed by atoms with E-state index < -0.39 is 0 Å². The van der Waals surface area contributed by atoms with Crippen molar-refractivity contribution < 1.29 is 4.74 Å². The van der Waals surface area contributed by atoms with Crippen LogP contribution in [0.3, 0.4) is 0 Å². The molecule has 4 heteroatoms. The average molecular weight is 318 g/mol. The largest absolute Gasteiger partial charge is 0.493 e. The molecule has 2 aromatic carbocycles. The van der Waals surface area contributed by atoms with Crippen LogP contribution < -0.4 is 4.74 Å². The molecule has 2 nitrogen and oxygen atoms in total. The molecule has 0 aromatic heterocycles. The second-order valence-corrected chi connectivity index (χ2v) is 5.17. The third kappa shape index (κ3) is 4.01. The van der Waals surface area contributed by atoms with Crippen molar-refractivity contribution in [3.63, 3.8) is 0 Å². The standard InChI is InChI=1S/C17H13Cl2NO/c1-2-21-17-7-6-16(19)10-13(17)8-14(11-20)12-4-3-5-15(18)9-12/h3-10H,2H2,1H3/b14-8+. The van der Waals surface area contributed by atoms with Gasteiger partial charge in [0.1, 0.15) is 5.75 Å². The van der Waals surface area contributed by atoms with E-state index in [9.17, 15) is 5.26 Å². The van der Waals surface area contributed by atoms with Crippen LogP contribution in [0, 0.1) is 11.3 Å². The van der Waals surface area contributed by atoms with Crippen molar-refractivity contribution >= 4 is 34.9 Å². The summed E-state index contributed by atoms with van der Waals surface area (Å²) in [4.78, 5) is 0. The first-order valence-electron chi connectivity index (χ1n) is 6.44. The van der Waals surface area contributed by atoms with Gasteiger partial charge in [-0.1, -0.05) is 35.3 Å². The van der Waals surface area contributed by atoms with Crippen LogP contribution >= 0.6 is 23.2 Å². The van der Waals surface area contributed by atoms with Crippen LogP contribution in [0.2, 0.25) is 10.0 Å². The van der Waals surface area contributed by atoms with Gasteiger partial charge in [-0.25, -0.2) is 0 Å². The minimum absolute atomic E-state index is 0.501. The van der Waals surface area contributed by atoms with E-state index in [2.05, 4.69) is 6.07 Å². The fourth-order valence-corrected chi connectivity index (χ4v) is 2.28. The van der Waals surface area contributed by atoms with Gasteiger partial charge in [-0.15, -0.1) is 0 Å². The first-order valence-corrected chi connectivity index (χ1v) is 7.19. The topological polar surface area (TPSA) is 33.0 Å². The van der Waals surface area contributed by atoms with Crippen molar-refractivity contribution in [2.75, 3.05) is 6.61 Å². The maximum Gasteiger partial charge on any atom is 0.126 e. The molecule has 0 bridgehead atoms. The fraction of sp³-hybridized carbons (Fsp3) is 0.118. The predicted octanol–water partition coefficient (Wildman–Crippen LogP) is 5.46. The summed E-state index contributed by atoms with van der Waals surface area (Å²) in [6, 6.07) is 14.7. The molecule has 0 unspecified atom stereocenters. The smallest absolute Gasteiger partial charge is 0.126 e. The average Bonchev–Trinajstić information content (AvgIpc) is 2.47. The van der Waals surface area contributed by atoms with Gasteiger partial charge in [0.2, 0.25) is 0 Å². The van der Waals surface area contributed by atoms with Crippen molar-refractivity contribution in [3.8, 4) is 11.8 Å². The molecular formula is C17H13Cl2NO. The van der Waals surface area contributed by atoms with Gasteiger partial charge in [0, 0.05) is 15.6 Å². The summed E-state index contributed by atoms with van der Waals surface area (Å²) < 4.78 is 5.56. The zero-order valence-electron chi connectivity index (χ0n) is 11.4. The van der Waals surface area contributed by atoms with Crippen molar-refractivity contribution in [1.82, 2.24) is 0 Å². The Kier molecular flexibility index (Phi) is 5.27. The number of nitriles is 1. The van der Waals surface area contributed by atoms with E-state index in [1.54, 1.807) is 36.4 Å². The van der Waals surface area contributed by atoms with Gasteiger partial charge in [-0.05, 0) is 48.9 Å². The first-order chi connectivity index (χ1) is 10.1. The summed E-state index contributed by atoms with van der Waals surface area (Å²) in [5.74, 6) is 0.691. The minimum Gasteiger partial charge on any atom is -0.493 e. The molecule has 0 saturated carbocycles. The van der Waals surface area contributed by atoms with Gasteiger partial charge in [0.25, 0.3) is 0 Å². The monoisotopic (exact) mass is 317 g/mol. The summed E-state index contributed by atoms with van der Waals surface area (Å²) in [5, 5.41) is 10.6. The highest BCUT2D eigenvalue weighted by Gasteiger charge is 2.06. The van der Waals surface area contributed by atoms with E-state index in [1.807, 2.05) is 19.1 Å². The summed E-state index contributed by atoms with van der Waals surface area (Å²) in [6.07, 6.45) is 1.75. The molecule has 0 spiro atoms. The molecule has 0 heterocycles. The number of benzene rings is 2. The lowest BCUT2D eigenvalue weighted by atomic mass is 10.0. The lowest BCUT2D eigenvalue weighted by Gasteiger charge is -2.08. The molecule has 0 fully saturated rings. The number of halogens is 2. The number of ether oxygens (including phenoxy) is 1. The van der Waals surface area contributed by atoms with Crippen LogP contribution in [0.4, 0.5) is 0 Å². The van der Waals surface area contributed by atoms with Crippen LogP contribution in [0.25, 0.3) is 11.6 Å².